The highest BCUT2D eigenvalue weighted by molar-refractivity contribution is 6.34. The number of hydrogen-bond donors (Lipinski definition) is 1. The molecular weight excluding hydrogens is 251 g/mol. The van der Waals surface area contributed by atoms with Crippen molar-refractivity contribution in [1.29, 1.82) is 0 Å². The van der Waals surface area contributed by atoms with Crippen molar-refractivity contribution in [3.63, 3.8) is 0 Å². The molecule has 0 unspecified atom stereocenters. The zero-order valence-corrected chi connectivity index (χ0v) is 10.9. The van der Waals surface area contributed by atoms with Gasteiger partial charge < -0.3 is 14.8 Å². The van der Waals surface area contributed by atoms with Crippen LogP contribution >= 0.6 is 23.2 Å². The van der Waals surface area contributed by atoms with Gasteiger partial charge in [0.1, 0.15) is 0 Å². The Bertz CT molecular complexity index is 361. The summed E-state index contributed by atoms with van der Waals surface area (Å²) in [5.41, 5.74) is 0.674. The Balaban J connectivity index is 2.87. The van der Waals surface area contributed by atoms with E-state index in [9.17, 15) is 0 Å². The molecule has 0 fully saturated rings. The van der Waals surface area contributed by atoms with Gasteiger partial charge in [0.2, 0.25) is 0 Å². The zero-order valence-electron chi connectivity index (χ0n) is 9.38. The predicted octanol–water partition coefficient (Wildman–Crippen LogP) is 2.84. The molecule has 1 aromatic rings. The summed E-state index contributed by atoms with van der Waals surface area (Å²) in [6, 6.07) is 1.83. The maximum atomic E-state index is 5.95. The third-order valence-corrected chi connectivity index (χ3v) is 2.49. The molecule has 4 nitrogen and oxygen atoms in total. The van der Waals surface area contributed by atoms with E-state index < -0.39 is 0 Å². The van der Waals surface area contributed by atoms with E-state index in [1.165, 1.54) is 7.11 Å². The van der Waals surface area contributed by atoms with E-state index in [1.807, 2.05) is 6.92 Å². The highest BCUT2D eigenvalue weighted by atomic mass is 35.5. The molecule has 1 N–H and O–H groups in total. The maximum absolute atomic E-state index is 5.95. The Morgan fingerprint density at radius 1 is 1.38 bits per heavy atom. The standard InChI is InChI=1S/C10H14Cl2N2O2/c1-6(5-15-2)13-7-4-8(16-3)10(12)14-9(7)11/h4,6,13H,5H2,1-3H3/t6-/m0/s1. The van der Waals surface area contributed by atoms with Crippen LogP contribution in [0.1, 0.15) is 6.92 Å². The molecule has 0 saturated carbocycles. The Hall–Kier alpha value is -0.710. The number of pyridine rings is 1. The number of methoxy groups -OCH3 is 2. The third-order valence-electron chi connectivity index (χ3n) is 1.94. The molecule has 0 amide bonds. The lowest BCUT2D eigenvalue weighted by molar-refractivity contribution is 0.190. The molecule has 0 aliphatic carbocycles. The van der Waals surface area contributed by atoms with E-state index in [0.29, 0.717) is 23.2 Å². The number of aromatic nitrogens is 1. The van der Waals surface area contributed by atoms with Crippen molar-refractivity contribution in [1.82, 2.24) is 4.98 Å². The molecule has 6 heteroatoms. The summed E-state index contributed by atoms with van der Waals surface area (Å²) in [4.78, 5) is 3.96. The van der Waals surface area contributed by atoms with Gasteiger partial charge >= 0.3 is 0 Å². The van der Waals surface area contributed by atoms with Crippen molar-refractivity contribution in [2.75, 3.05) is 26.1 Å². The summed E-state index contributed by atoms with van der Waals surface area (Å²) in [5.74, 6) is 0.484. The molecule has 1 rings (SSSR count). The second-order valence-corrected chi connectivity index (χ2v) is 4.04. The van der Waals surface area contributed by atoms with E-state index in [0.717, 1.165) is 0 Å². The van der Waals surface area contributed by atoms with Gasteiger partial charge in [-0.25, -0.2) is 4.98 Å². The minimum atomic E-state index is 0.121. The first-order valence-corrected chi connectivity index (χ1v) is 5.49. The Labute approximate surface area is 105 Å². The van der Waals surface area contributed by atoms with Gasteiger partial charge in [0.15, 0.2) is 16.1 Å². The summed E-state index contributed by atoms with van der Waals surface area (Å²) in [7, 11) is 3.17. The summed E-state index contributed by atoms with van der Waals surface area (Å²) in [5, 5.41) is 3.72. The van der Waals surface area contributed by atoms with Crippen LogP contribution < -0.4 is 10.1 Å². The van der Waals surface area contributed by atoms with Gasteiger partial charge in [-0.3, -0.25) is 0 Å². The SMILES string of the molecule is COC[C@H](C)Nc1cc(OC)c(Cl)nc1Cl. The largest absolute Gasteiger partial charge is 0.493 e. The first-order chi connectivity index (χ1) is 7.58. The molecule has 1 atom stereocenters. The second-order valence-electron chi connectivity index (χ2n) is 3.32. The van der Waals surface area contributed by atoms with Gasteiger partial charge in [0.05, 0.1) is 19.4 Å². The van der Waals surface area contributed by atoms with E-state index in [-0.39, 0.29) is 11.2 Å². The summed E-state index contributed by atoms with van der Waals surface area (Å²) in [6.07, 6.45) is 0. The molecule has 0 saturated heterocycles. The fraction of sp³-hybridized carbons (Fsp3) is 0.500. The van der Waals surface area contributed by atoms with Gasteiger partial charge in [-0.15, -0.1) is 0 Å². The van der Waals surface area contributed by atoms with Crippen LogP contribution in [0.2, 0.25) is 10.3 Å². The maximum Gasteiger partial charge on any atom is 0.172 e. The molecule has 0 bridgehead atoms. The average molecular weight is 265 g/mol. The number of nitrogens with one attached hydrogen (secondary N) is 1. The van der Waals surface area contributed by atoms with E-state index in [1.54, 1.807) is 13.2 Å². The molecule has 0 spiro atoms. The average Bonchev–Trinajstić information content (AvgIpc) is 2.22. The first-order valence-electron chi connectivity index (χ1n) is 4.74. The molecule has 90 valence electrons. The minimum Gasteiger partial charge on any atom is -0.493 e. The Morgan fingerprint density at radius 2 is 2.06 bits per heavy atom. The smallest absolute Gasteiger partial charge is 0.172 e. The van der Waals surface area contributed by atoms with Crippen LogP contribution in [-0.4, -0.2) is 31.9 Å². The number of halogens is 2. The van der Waals surface area contributed by atoms with Gasteiger partial charge in [0.25, 0.3) is 0 Å². The normalized spacial score (nSPS) is 12.3. The zero-order chi connectivity index (χ0) is 12.1. The van der Waals surface area contributed by atoms with Gasteiger partial charge in [-0.1, -0.05) is 23.2 Å². The number of ether oxygens (including phenoxy) is 2. The topological polar surface area (TPSA) is 43.4 Å². The van der Waals surface area contributed by atoms with Crippen LogP contribution in [0.25, 0.3) is 0 Å². The van der Waals surface area contributed by atoms with Crippen molar-refractivity contribution < 1.29 is 9.47 Å². The number of anilines is 1. The Kier molecular flexibility index (Phi) is 5.12. The van der Waals surface area contributed by atoms with Gasteiger partial charge in [-0.2, -0.15) is 0 Å². The van der Waals surface area contributed by atoms with Crippen LogP contribution in [0.4, 0.5) is 5.69 Å². The van der Waals surface area contributed by atoms with Crippen LogP contribution in [0.15, 0.2) is 6.07 Å². The van der Waals surface area contributed by atoms with Crippen molar-refractivity contribution in [3.8, 4) is 5.75 Å². The quantitative estimate of drug-likeness (QED) is 0.831. The summed E-state index contributed by atoms with van der Waals surface area (Å²) >= 11 is 11.8. The number of rotatable bonds is 5. The molecular formula is C10H14Cl2N2O2. The van der Waals surface area contributed by atoms with E-state index in [2.05, 4.69) is 10.3 Å². The third kappa shape index (κ3) is 3.40. The van der Waals surface area contributed by atoms with E-state index in [4.69, 9.17) is 32.7 Å². The lowest BCUT2D eigenvalue weighted by Gasteiger charge is -2.16. The van der Waals surface area contributed by atoms with Crippen molar-refractivity contribution in [2.45, 2.75) is 13.0 Å². The van der Waals surface area contributed by atoms with Crippen molar-refractivity contribution >= 4 is 28.9 Å². The molecule has 1 heterocycles. The fourth-order valence-corrected chi connectivity index (χ4v) is 1.71. The van der Waals surface area contributed by atoms with Crippen molar-refractivity contribution in [2.24, 2.45) is 0 Å². The lowest BCUT2D eigenvalue weighted by atomic mass is 10.3. The minimum absolute atomic E-state index is 0.121. The molecule has 16 heavy (non-hydrogen) atoms. The predicted molar refractivity (Wildman–Crippen MR) is 65.8 cm³/mol. The second kappa shape index (κ2) is 6.13. The first kappa shape index (κ1) is 13.4. The van der Waals surface area contributed by atoms with Gasteiger partial charge in [-0.05, 0) is 6.92 Å². The molecule has 0 aliphatic rings. The number of hydrogen-bond acceptors (Lipinski definition) is 4. The van der Waals surface area contributed by atoms with Crippen LogP contribution in [0.3, 0.4) is 0 Å². The molecule has 1 aromatic heterocycles. The highest BCUT2D eigenvalue weighted by Gasteiger charge is 2.11. The number of nitrogens with zero attached hydrogens (tertiary/aromatic N) is 1. The van der Waals surface area contributed by atoms with Crippen LogP contribution in [0.5, 0.6) is 5.75 Å². The Morgan fingerprint density at radius 3 is 2.62 bits per heavy atom. The highest BCUT2D eigenvalue weighted by Crippen LogP contribution is 2.31. The molecule has 0 aromatic carbocycles. The molecule has 0 radical (unpaired) electrons. The monoisotopic (exact) mass is 264 g/mol. The fourth-order valence-electron chi connectivity index (χ4n) is 1.25. The van der Waals surface area contributed by atoms with Crippen LogP contribution in [0, 0.1) is 0 Å². The van der Waals surface area contributed by atoms with Gasteiger partial charge in [0, 0.05) is 19.2 Å². The summed E-state index contributed by atoms with van der Waals surface area (Å²) < 4.78 is 10.1. The van der Waals surface area contributed by atoms with Crippen LogP contribution in [-0.2, 0) is 4.74 Å². The van der Waals surface area contributed by atoms with Crippen molar-refractivity contribution in [3.05, 3.63) is 16.4 Å². The summed E-state index contributed by atoms with van der Waals surface area (Å²) in [6.45, 7) is 2.54. The molecule has 0 aliphatic heterocycles. The lowest BCUT2D eigenvalue weighted by Crippen LogP contribution is -2.21. The van der Waals surface area contributed by atoms with E-state index >= 15 is 0 Å².